The normalized spacial score (nSPS) is 10.5. The Labute approximate surface area is 124 Å². The number of carbonyl (C=O) groups excluding carboxylic acids is 2. The summed E-state index contributed by atoms with van der Waals surface area (Å²) in [5.74, 6) is -0.608. The number of nitrogens with zero attached hydrogens (tertiary/aromatic N) is 4. The fourth-order valence-corrected chi connectivity index (χ4v) is 1.91. The summed E-state index contributed by atoms with van der Waals surface area (Å²) >= 11 is 0. The summed E-state index contributed by atoms with van der Waals surface area (Å²) in [6, 6.07) is 9.03. The molecule has 110 valence electrons. The van der Waals surface area contributed by atoms with Gasteiger partial charge in [-0.15, -0.1) is 10.2 Å². The molecule has 3 aromatic rings. The zero-order valence-electron chi connectivity index (χ0n) is 11.4. The van der Waals surface area contributed by atoms with Gasteiger partial charge in [0.1, 0.15) is 11.5 Å². The van der Waals surface area contributed by atoms with Gasteiger partial charge in [0.05, 0.1) is 6.42 Å². The minimum absolute atomic E-state index is 0.143. The maximum atomic E-state index is 11.8. The first-order valence-electron chi connectivity index (χ1n) is 6.51. The largest absolute Gasteiger partial charge is 0.465 e. The van der Waals surface area contributed by atoms with Crippen molar-refractivity contribution in [3.05, 3.63) is 59.6 Å². The van der Waals surface area contributed by atoms with Gasteiger partial charge in [0.2, 0.25) is 11.6 Å². The highest BCUT2D eigenvalue weighted by molar-refractivity contribution is 6.42. The lowest BCUT2D eigenvalue weighted by Crippen LogP contribution is -2.18. The number of pyridine rings is 1. The fraction of sp³-hybridized carbons (Fsp3) is 0.143. The molecule has 0 fully saturated rings. The number of nitrogens with one attached hydrogen (secondary N) is 1. The van der Waals surface area contributed by atoms with Crippen LogP contribution in [0.25, 0.3) is 0 Å². The number of furan rings is 1. The van der Waals surface area contributed by atoms with Crippen molar-refractivity contribution in [2.24, 2.45) is 0 Å². The molecule has 0 amide bonds. The topological polar surface area (TPSA) is 115 Å². The Hall–Kier alpha value is -3.16. The molecule has 0 aliphatic rings. The molecule has 0 spiro atoms. The van der Waals surface area contributed by atoms with Crippen LogP contribution < -0.4 is 0 Å². The third-order valence-electron chi connectivity index (χ3n) is 2.94. The number of aromatic nitrogens is 5. The molecule has 0 aliphatic carbocycles. The number of tetrazole rings is 1. The lowest BCUT2D eigenvalue weighted by molar-refractivity contribution is -0.114. The maximum absolute atomic E-state index is 11.8. The Morgan fingerprint density at radius 1 is 1.14 bits per heavy atom. The van der Waals surface area contributed by atoms with Gasteiger partial charge in [-0.2, -0.15) is 5.21 Å². The van der Waals surface area contributed by atoms with Crippen LogP contribution in [0.5, 0.6) is 0 Å². The van der Waals surface area contributed by atoms with E-state index in [0.29, 0.717) is 17.9 Å². The van der Waals surface area contributed by atoms with E-state index in [1.165, 1.54) is 0 Å². The van der Waals surface area contributed by atoms with Crippen LogP contribution in [0, 0.1) is 0 Å². The summed E-state index contributed by atoms with van der Waals surface area (Å²) in [5, 5.41) is 12.3. The second-order valence-electron chi connectivity index (χ2n) is 4.53. The van der Waals surface area contributed by atoms with Crippen LogP contribution in [0.4, 0.5) is 0 Å². The molecule has 1 N–H and O–H groups in total. The first-order chi connectivity index (χ1) is 10.7. The summed E-state index contributed by atoms with van der Waals surface area (Å²) < 4.78 is 5.55. The molecular formula is C14H11N5O3. The monoisotopic (exact) mass is 297 g/mol. The third kappa shape index (κ3) is 3.11. The number of H-pyrrole nitrogens is 1. The van der Waals surface area contributed by atoms with Crippen LogP contribution in [0.2, 0.25) is 0 Å². The summed E-state index contributed by atoms with van der Waals surface area (Å²) in [6.07, 6.45) is 2.08. The highest BCUT2D eigenvalue weighted by Crippen LogP contribution is 2.13. The van der Waals surface area contributed by atoms with Gasteiger partial charge in [0.25, 0.3) is 5.78 Å². The second kappa shape index (κ2) is 6.08. The zero-order valence-corrected chi connectivity index (χ0v) is 11.4. The van der Waals surface area contributed by atoms with Crippen LogP contribution in [0.15, 0.2) is 40.9 Å². The number of rotatable bonds is 6. The highest BCUT2D eigenvalue weighted by Gasteiger charge is 2.22. The number of Topliss-reactive ketones (excluding diaryl/α,β-unsaturated/α-hetero) is 2. The van der Waals surface area contributed by atoms with Crippen molar-refractivity contribution in [2.45, 2.75) is 12.8 Å². The summed E-state index contributed by atoms with van der Waals surface area (Å²) in [7, 11) is 0. The number of aromatic amines is 1. The standard InChI is InChI=1S/C14H11N5O3/c20-12(13(21)14-16-18-19-17-14)8-11-5-4-10(22-11)7-9-3-1-2-6-15-9/h1-6H,7-8H2,(H,16,17,18,19). The lowest BCUT2D eigenvalue weighted by atomic mass is 10.1. The third-order valence-corrected chi connectivity index (χ3v) is 2.94. The average Bonchev–Trinajstić information content (AvgIpc) is 3.19. The molecule has 0 aliphatic heterocycles. The zero-order chi connectivity index (χ0) is 15.4. The lowest BCUT2D eigenvalue weighted by Gasteiger charge is -1.97. The van der Waals surface area contributed by atoms with Crippen molar-refractivity contribution in [3.63, 3.8) is 0 Å². The molecule has 8 heteroatoms. The van der Waals surface area contributed by atoms with E-state index in [1.807, 2.05) is 18.2 Å². The number of hydrogen-bond acceptors (Lipinski definition) is 7. The maximum Gasteiger partial charge on any atom is 0.269 e. The average molecular weight is 297 g/mol. The van der Waals surface area contributed by atoms with Gasteiger partial charge in [-0.25, -0.2) is 0 Å². The van der Waals surface area contributed by atoms with E-state index < -0.39 is 11.6 Å². The predicted octanol–water partition coefficient (Wildman–Crippen LogP) is 0.773. The molecule has 3 rings (SSSR count). The van der Waals surface area contributed by atoms with E-state index in [9.17, 15) is 9.59 Å². The van der Waals surface area contributed by atoms with Crippen molar-refractivity contribution in [3.8, 4) is 0 Å². The first-order valence-corrected chi connectivity index (χ1v) is 6.51. The Kier molecular flexibility index (Phi) is 3.82. The van der Waals surface area contributed by atoms with Gasteiger partial charge >= 0.3 is 0 Å². The first kappa shape index (κ1) is 13.8. The molecule has 0 saturated carbocycles. The van der Waals surface area contributed by atoms with Crippen molar-refractivity contribution >= 4 is 11.6 Å². The quantitative estimate of drug-likeness (QED) is 0.528. The molecule has 3 heterocycles. The summed E-state index contributed by atoms with van der Waals surface area (Å²) in [5.41, 5.74) is 0.859. The molecular weight excluding hydrogens is 286 g/mol. The molecule has 0 atom stereocenters. The smallest absolute Gasteiger partial charge is 0.269 e. The van der Waals surface area contributed by atoms with Gasteiger partial charge in [0.15, 0.2) is 0 Å². The Morgan fingerprint density at radius 3 is 2.73 bits per heavy atom. The SMILES string of the molecule is O=C(Cc1ccc(Cc2ccccn2)o1)C(=O)c1nn[nH]n1. The van der Waals surface area contributed by atoms with Crippen LogP contribution >= 0.6 is 0 Å². The molecule has 0 radical (unpaired) electrons. The van der Waals surface area contributed by atoms with Crippen molar-refractivity contribution in [2.75, 3.05) is 0 Å². The van der Waals surface area contributed by atoms with E-state index in [-0.39, 0.29) is 12.2 Å². The minimum atomic E-state index is -0.795. The van der Waals surface area contributed by atoms with Crippen LogP contribution in [0.3, 0.4) is 0 Å². The van der Waals surface area contributed by atoms with Gasteiger partial charge in [-0.1, -0.05) is 6.07 Å². The molecule has 0 unspecified atom stereocenters. The molecule has 0 aromatic carbocycles. The second-order valence-corrected chi connectivity index (χ2v) is 4.53. The van der Waals surface area contributed by atoms with E-state index in [0.717, 1.165) is 5.69 Å². The van der Waals surface area contributed by atoms with Crippen LogP contribution in [-0.4, -0.2) is 37.2 Å². The van der Waals surface area contributed by atoms with Gasteiger partial charge in [-0.3, -0.25) is 14.6 Å². The van der Waals surface area contributed by atoms with Crippen LogP contribution in [-0.2, 0) is 17.6 Å². The number of ketones is 2. The Morgan fingerprint density at radius 2 is 2.00 bits per heavy atom. The molecule has 8 nitrogen and oxygen atoms in total. The van der Waals surface area contributed by atoms with Crippen LogP contribution in [0.1, 0.15) is 27.8 Å². The van der Waals surface area contributed by atoms with E-state index in [2.05, 4.69) is 25.6 Å². The van der Waals surface area contributed by atoms with E-state index >= 15 is 0 Å². The molecule has 3 aromatic heterocycles. The summed E-state index contributed by atoms with van der Waals surface area (Å²) in [6.45, 7) is 0. The van der Waals surface area contributed by atoms with E-state index in [1.54, 1.807) is 18.3 Å². The van der Waals surface area contributed by atoms with Gasteiger partial charge in [-0.05, 0) is 29.5 Å². The molecule has 0 bridgehead atoms. The minimum Gasteiger partial charge on any atom is -0.465 e. The number of hydrogen-bond donors (Lipinski definition) is 1. The summed E-state index contributed by atoms with van der Waals surface area (Å²) in [4.78, 5) is 27.8. The molecule has 0 saturated heterocycles. The van der Waals surface area contributed by atoms with Gasteiger partial charge in [0, 0.05) is 18.3 Å². The van der Waals surface area contributed by atoms with Crippen molar-refractivity contribution < 1.29 is 14.0 Å². The Bertz CT molecular complexity index is 780. The fourth-order valence-electron chi connectivity index (χ4n) is 1.91. The molecule has 22 heavy (non-hydrogen) atoms. The highest BCUT2D eigenvalue weighted by atomic mass is 16.3. The van der Waals surface area contributed by atoms with Gasteiger partial charge < -0.3 is 4.42 Å². The van der Waals surface area contributed by atoms with Crippen molar-refractivity contribution in [1.29, 1.82) is 0 Å². The van der Waals surface area contributed by atoms with Crippen molar-refractivity contribution in [1.82, 2.24) is 25.6 Å². The Balaban J connectivity index is 1.64. The predicted molar refractivity (Wildman–Crippen MR) is 73.0 cm³/mol. The number of carbonyl (C=O) groups is 2. The van der Waals surface area contributed by atoms with E-state index in [4.69, 9.17) is 4.42 Å².